The second-order valence-corrected chi connectivity index (χ2v) is 5.93. The monoisotopic (exact) mass is 341 g/mol. The first-order chi connectivity index (χ1) is 9.60. The Kier molecular flexibility index (Phi) is 5.17. The molecule has 20 heavy (non-hydrogen) atoms. The van der Waals surface area contributed by atoms with Crippen LogP contribution in [-0.4, -0.2) is 36.0 Å². The fourth-order valence-corrected chi connectivity index (χ4v) is 2.90. The first kappa shape index (κ1) is 15.0. The van der Waals surface area contributed by atoms with Crippen LogP contribution in [-0.2, 0) is 4.79 Å². The van der Waals surface area contributed by atoms with Crippen molar-refractivity contribution in [2.24, 2.45) is 11.7 Å². The number of nitrogens with two attached hydrogens (primary N) is 1. The highest BCUT2D eigenvalue weighted by atomic mass is 79.9. The number of nitrogens with zero attached hydrogens (tertiary/aromatic N) is 3. The van der Waals surface area contributed by atoms with Gasteiger partial charge in [-0.2, -0.15) is 4.98 Å². The van der Waals surface area contributed by atoms with Crippen LogP contribution in [0.3, 0.4) is 0 Å². The summed E-state index contributed by atoms with van der Waals surface area (Å²) >= 11 is 3.41. The summed E-state index contributed by atoms with van der Waals surface area (Å²) in [5.41, 5.74) is 5.22. The zero-order valence-corrected chi connectivity index (χ0v) is 13.2. The number of hydrogen-bond acceptors (Lipinski definition) is 5. The molecule has 6 nitrogen and oxygen atoms in total. The van der Waals surface area contributed by atoms with Gasteiger partial charge in [0.1, 0.15) is 5.82 Å². The first-order valence-corrected chi connectivity index (χ1v) is 7.63. The summed E-state index contributed by atoms with van der Waals surface area (Å²) in [5.74, 6) is 1.79. The summed E-state index contributed by atoms with van der Waals surface area (Å²) in [7, 11) is 1.84. The van der Waals surface area contributed by atoms with Gasteiger partial charge in [-0.1, -0.05) is 0 Å². The van der Waals surface area contributed by atoms with E-state index in [1.54, 1.807) is 6.20 Å². The van der Waals surface area contributed by atoms with Crippen molar-refractivity contribution in [2.75, 3.05) is 30.4 Å². The van der Waals surface area contributed by atoms with Crippen LogP contribution in [0, 0.1) is 5.92 Å². The fraction of sp³-hybridized carbons (Fsp3) is 0.615. The van der Waals surface area contributed by atoms with Gasteiger partial charge in [-0.15, -0.1) is 0 Å². The molecule has 0 unspecified atom stereocenters. The normalized spacial score (nSPS) is 18.9. The minimum atomic E-state index is -0.223. The van der Waals surface area contributed by atoms with E-state index in [1.165, 1.54) is 0 Å². The molecule has 1 atom stereocenters. The predicted molar refractivity (Wildman–Crippen MR) is 82.6 cm³/mol. The molecule has 2 rings (SSSR count). The summed E-state index contributed by atoms with van der Waals surface area (Å²) < 4.78 is 0.853. The van der Waals surface area contributed by atoms with Crippen LogP contribution in [0.1, 0.15) is 25.7 Å². The van der Waals surface area contributed by atoms with Crippen molar-refractivity contribution in [1.82, 2.24) is 9.97 Å². The minimum Gasteiger partial charge on any atom is -0.372 e. The van der Waals surface area contributed by atoms with Crippen molar-refractivity contribution in [3.63, 3.8) is 0 Å². The van der Waals surface area contributed by atoms with Crippen molar-refractivity contribution in [2.45, 2.75) is 25.7 Å². The van der Waals surface area contributed by atoms with Crippen LogP contribution in [0.15, 0.2) is 10.7 Å². The maximum absolute atomic E-state index is 10.9. The maximum Gasteiger partial charge on any atom is 0.227 e. The Labute approximate surface area is 127 Å². The molecule has 3 N–H and O–H groups in total. The Morgan fingerprint density at radius 1 is 1.65 bits per heavy atom. The number of nitrogens with one attached hydrogen (secondary N) is 1. The highest BCUT2D eigenvalue weighted by molar-refractivity contribution is 9.10. The van der Waals surface area contributed by atoms with E-state index in [9.17, 15) is 4.79 Å². The van der Waals surface area contributed by atoms with Crippen LogP contribution in [0.2, 0.25) is 0 Å². The third-order valence-corrected chi connectivity index (χ3v) is 4.15. The quantitative estimate of drug-likeness (QED) is 0.852. The molecule has 0 radical (unpaired) electrons. The van der Waals surface area contributed by atoms with Crippen LogP contribution in [0.5, 0.6) is 0 Å². The number of halogens is 1. The van der Waals surface area contributed by atoms with Gasteiger partial charge in [0.15, 0.2) is 0 Å². The Balaban J connectivity index is 2.03. The average Bonchev–Trinajstić information content (AvgIpc) is 2.46. The predicted octanol–water partition coefficient (Wildman–Crippen LogP) is 1.76. The Morgan fingerprint density at radius 3 is 3.15 bits per heavy atom. The van der Waals surface area contributed by atoms with Gasteiger partial charge >= 0.3 is 0 Å². The molecule has 0 aromatic carbocycles. The minimum absolute atomic E-state index is 0.223. The fourth-order valence-electron chi connectivity index (χ4n) is 2.51. The number of primary amides is 1. The Hall–Kier alpha value is -1.37. The van der Waals surface area contributed by atoms with Gasteiger partial charge in [0.05, 0.1) is 4.47 Å². The lowest BCUT2D eigenvalue weighted by molar-refractivity contribution is -0.118. The topological polar surface area (TPSA) is 84.1 Å². The second-order valence-electron chi connectivity index (χ2n) is 5.08. The molecule has 7 heteroatoms. The molecule has 0 spiro atoms. The van der Waals surface area contributed by atoms with Crippen molar-refractivity contribution in [3.05, 3.63) is 10.7 Å². The van der Waals surface area contributed by atoms with E-state index >= 15 is 0 Å². The van der Waals surface area contributed by atoms with Crippen molar-refractivity contribution in [3.8, 4) is 0 Å². The smallest absolute Gasteiger partial charge is 0.227 e. The lowest BCUT2D eigenvalue weighted by atomic mass is 9.93. The van der Waals surface area contributed by atoms with Crippen LogP contribution in [0.4, 0.5) is 11.8 Å². The third kappa shape index (κ3) is 3.82. The van der Waals surface area contributed by atoms with Gasteiger partial charge < -0.3 is 16.0 Å². The standard InChI is InChI=1S/C13H20BrN5O/c1-16-12-10(14)7-17-13(18-12)19-6-2-3-9(8-19)4-5-11(15)20/h7,9H,2-6,8H2,1H3,(H2,15,20)(H,16,17,18)/t9-/m1/s1. The highest BCUT2D eigenvalue weighted by Gasteiger charge is 2.22. The Morgan fingerprint density at radius 2 is 2.45 bits per heavy atom. The van der Waals surface area contributed by atoms with E-state index in [0.717, 1.165) is 48.6 Å². The van der Waals surface area contributed by atoms with Crippen molar-refractivity contribution in [1.29, 1.82) is 0 Å². The molecule has 110 valence electrons. The van der Waals surface area contributed by atoms with E-state index < -0.39 is 0 Å². The number of rotatable bonds is 5. The van der Waals surface area contributed by atoms with E-state index in [2.05, 4.69) is 36.1 Å². The molecule has 1 aliphatic rings. The number of anilines is 2. The van der Waals surface area contributed by atoms with Crippen molar-refractivity contribution < 1.29 is 4.79 Å². The molecule has 0 bridgehead atoms. The average molecular weight is 342 g/mol. The summed E-state index contributed by atoms with van der Waals surface area (Å²) in [4.78, 5) is 22.0. The highest BCUT2D eigenvalue weighted by Crippen LogP contribution is 2.26. The maximum atomic E-state index is 10.9. The number of aromatic nitrogens is 2. The van der Waals surface area contributed by atoms with Crippen LogP contribution in [0.25, 0.3) is 0 Å². The molecule has 2 heterocycles. The van der Waals surface area contributed by atoms with Gasteiger partial charge in [0.2, 0.25) is 11.9 Å². The van der Waals surface area contributed by atoms with E-state index in [1.807, 2.05) is 7.05 Å². The molecular formula is C13H20BrN5O. The molecule has 0 saturated carbocycles. The molecule has 1 aliphatic heterocycles. The number of carbonyl (C=O) groups is 1. The lowest BCUT2D eigenvalue weighted by Gasteiger charge is -2.32. The molecular weight excluding hydrogens is 322 g/mol. The van der Waals surface area contributed by atoms with E-state index in [4.69, 9.17) is 5.73 Å². The number of hydrogen-bond donors (Lipinski definition) is 2. The zero-order chi connectivity index (χ0) is 14.5. The van der Waals surface area contributed by atoms with Gasteiger partial charge in [-0.25, -0.2) is 4.98 Å². The summed E-state index contributed by atoms with van der Waals surface area (Å²) in [5, 5.41) is 3.04. The van der Waals surface area contributed by atoms with Crippen molar-refractivity contribution >= 4 is 33.6 Å². The molecule has 1 amide bonds. The van der Waals surface area contributed by atoms with Crippen LogP contribution >= 0.6 is 15.9 Å². The molecule has 1 aromatic rings. The SMILES string of the molecule is CNc1nc(N2CCC[C@H](CCC(N)=O)C2)ncc1Br. The zero-order valence-electron chi connectivity index (χ0n) is 11.6. The van der Waals surface area contributed by atoms with Gasteiger partial charge in [0, 0.05) is 32.8 Å². The summed E-state index contributed by atoms with van der Waals surface area (Å²) in [6.07, 6.45) is 5.31. The molecule has 1 fully saturated rings. The van der Waals surface area contributed by atoms with Crippen LogP contribution < -0.4 is 16.0 Å². The second kappa shape index (κ2) is 6.88. The van der Waals surface area contributed by atoms with Gasteiger partial charge in [-0.3, -0.25) is 4.79 Å². The largest absolute Gasteiger partial charge is 0.372 e. The first-order valence-electron chi connectivity index (χ1n) is 6.83. The molecule has 1 saturated heterocycles. The van der Waals surface area contributed by atoms with E-state index in [-0.39, 0.29) is 5.91 Å². The Bertz CT molecular complexity index is 482. The lowest BCUT2D eigenvalue weighted by Crippen LogP contribution is -2.37. The number of carbonyl (C=O) groups excluding carboxylic acids is 1. The van der Waals surface area contributed by atoms with Gasteiger partial charge in [0.25, 0.3) is 0 Å². The number of amides is 1. The summed E-state index contributed by atoms with van der Waals surface area (Å²) in [6, 6.07) is 0. The summed E-state index contributed by atoms with van der Waals surface area (Å²) in [6.45, 7) is 1.84. The van der Waals surface area contributed by atoms with E-state index in [0.29, 0.717) is 12.3 Å². The number of piperidine rings is 1. The molecule has 1 aromatic heterocycles. The molecule has 0 aliphatic carbocycles. The third-order valence-electron chi connectivity index (χ3n) is 3.57. The van der Waals surface area contributed by atoms with Gasteiger partial charge in [-0.05, 0) is 41.1 Å².